The third kappa shape index (κ3) is 4.18. The fourth-order valence-corrected chi connectivity index (χ4v) is 2.82. The predicted octanol–water partition coefficient (Wildman–Crippen LogP) is 3.93. The molecule has 0 spiro atoms. The van der Waals surface area contributed by atoms with Crippen molar-refractivity contribution in [3.63, 3.8) is 0 Å². The largest absolute Gasteiger partial charge is 0.351 e. The Balaban J connectivity index is 2.16. The van der Waals surface area contributed by atoms with Crippen molar-refractivity contribution in [2.45, 2.75) is 32.6 Å². The maximum Gasteiger partial charge on any atom is 0.252 e. The fourth-order valence-electron chi connectivity index (χ4n) is 2.39. The number of amides is 1. The molecule has 1 heterocycles. The summed E-state index contributed by atoms with van der Waals surface area (Å²) in [5, 5.41) is 3.76. The van der Waals surface area contributed by atoms with Crippen molar-refractivity contribution in [1.29, 1.82) is 0 Å². The molecule has 2 rings (SSSR count). The molecule has 21 heavy (non-hydrogen) atoms. The highest BCUT2D eigenvalue weighted by Crippen LogP contribution is 2.18. The highest BCUT2D eigenvalue weighted by Gasteiger charge is 2.14. The number of aromatic nitrogens is 1. The summed E-state index contributed by atoms with van der Waals surface area (Å²) in [5.74, 6) is 0.430. The minimum absolute atomic E-state index is 0.0388. The molecular formula is C17H21ClN2O. The number of nitrogens with one attached hydrogen (secondary N) is 1. The maximum absolute atomic E-state index is 12.4. The van der Waals surface area contributed by atoms with E-state index in [2.05, 4.69) is 24.1 Å². The Bertz CT molecular complexity index is 640. The number of carbonyl (C=O) groups excluding carboxylic acids is 1. The second-order valence-electron chi connectivity index (χ2n) is 5.77. The van der Waals surface area contributed by atoms with E-state index in [1.165, 1.54) is 0 Å². The van der Waals surface area contributed by atoms with Crippen LogP contribution < -0.4 is 5.32 Å². The monoisotopic (exact) mass is 304 g/mol. The van der Waals surface area contributed by atoms with Crippen LogP contribution in [0.4, 0.5) is 0 Å². The standard InChI is InChI=1S/C17H21ClN2O/c1-11(2)8-13(18)10-19-17(21)15-9-12(3)20-16-7-5-4-6-14(15)16/h4-7,9,11,13H,8,10H2,1-3H3,(H,19,21). The van der Waals surface area contributed by atoms with Crippen molar-refractivity contribution in [1.82, 2.24) is 10.3 Å². The topological polar surface area (TPSA) is 42.0 Å². The number of aryl methyl sites for hydroxylation is 1. The van der Waals surface area contributed by atoms with Gasteiger partial charge in [0, 0.05) is 17.6 Å². The number of carbonyl (C=O) groups is 1. The Kier molecular flexibility index (Phi) is 5.18. The molecule has 0 aliphatic heterocycles. The number of alkyl halides is 1. The van der Waals surface area contributed by atoms with Crippen LogP contribution in [0.3, 0.4) is 0 Å². The summed E-state index contributed by atoms with van der Waals surface area (Å²) < 4.78 is 0. The van der Waals surface area contributed by atoms with Gasteiger partial charge in [-0.25, -0.2) is 0 Å². The predicted molar refractivity (Wildman–Crippen MR) is 87.9 cm³/mol. The second-order valence-corrected chi connectivity index (χ2v) is 6.38. The highest BCUT2D eigenvalue weighted by atomic mass is 35.5. The summed E-state index contributed by atoms with van der Waals surface area (Å²) in [4.78, 5) is 16.9. The number of hydrogen-bond donors (Lipinski definition) is 1. The van der Waals surface area contributed by atoms with Crippen LogP contribution in [0.1, 0.15) is 36.3 Å². The second kappa shape index (κ2) is 6.90. The zero-order valence-electron chi connectivity index (χ0n) is 12.7. The number of halogens is 1. The van der Waals surface area contributed by atoms with E-state index < -0.39 is 0 Å². The van der Waals surface area contributed by atoms with Crippen molar-refractivity contribution in [3.05, 3.63) is 41.6 Å². The fraction of sp³-hybridized carbons (Fsp3) is 0.412. The minimum atomic E-state index is -0.0916. The van der Waals surface area contributed by atoms with E-state index in [-0.39, 0.29) is 11.3 Å². The molecule has 0 fully saturated rings. The first kappa shape index (κ1) is 15.8. The number of rotatable bonds is 5. The van der Waals surface area contributed by atoms with Crippen molar-refractivity contribution in [2.75, 3.05) is 6.54 Å². The summed E-state index contributed by atoms with van der Waals surface area (Å²) >= 11 is 6.23. The number of benzene rings is 1. The van der Waals surface area contributed by atoms with Gasteiger partial charge in [-0.05, 0) is 31.4 Å². The van der Waals surface area contributed by atoms with E-state index in [0.29, 0.717) is 18.0 Å². The van der Waals surface area contributed by atoms with E-state index in [1.54, 1.807) is 0 Å². The molecule has 0 saturated heterocycles. The van der Waals surface area contributed by atoms with Crippen LogP contribution in [0.2, 0.25) is 0 Å². The van der Waals surface area contributed by atoms with Crippen LogP contribution in [0.5, 0.6) is 0 Å². The Hall–Kier alpha value is -1.61. The van der Waals surface area contributed by atoms with E-state index in [9.17, 15) is 4.79 Å². The quantitative estimate of drug-likeness (QED) is 0.851. The van der Waals surface area contributed by atoms with Crippen LogP contribution in [-0.2, 0) is 0 Å². The third-order valence-electron chi connectivity index (χ3n) is 3.30. The van der Waals surface area contributed by atoms with Gasteiger partial charge in [-0.2, -0.15) is 0 Å². The molecule has 1 unspecified atom stereocenters. The molecule has 2 aromatic rings. The van der Waals surface area contributed by atoms with Crippen molar-refractivity contribution in [3.8, 4) is 0 Å². The van der Waals surface area contributed by atoms with Crippen LogP contribution in [-0.4, -0.2) is 22.8 Å². The van der Waals surface area contributed by atoms with Gasteiger partial charge in [-0.1, -0.05) is 32.0 Å². The molecule has 112 valence electrons. The molecule has 1 N–H and O–H groups in total. The number of para-hydroxylation sites is 1. The first-order chi connectivity index (χ1) is 9.97. The Labute approximate surface area is 130 Å². The van der Waals surface area contributed by atoms with E-state index in [4.69, 9.17) is 11.6 Å². The smallest absolute Gasteiger partial charge is 0.252 e. The molecule has 1 amide bonds. The molecular weight excluding hydrogens is 284 g/mol. The molecule has 0 aliphatic rings. The van der Waals surface area contributed by atoms with Crippen LogP contribution in [0, 0.1) is 12.8 Å². The Morgan fingerprint density at radius 3 is 2.76 bits per heavy atom. The highest BCUT2D eigenvalue weighted by molar-refractivity contribution is 6.21. The van der Waals surface area contributed by atoms with Crippen molar-refractivity contribution < 1.29 is 4.79 Å². The summed E-state index contributed by atoms with van der Waals surface area (Å²) in [6.45, 7) is 6.62. The van der Waals surface area contributed by atoms with Gasteiger partial charge in [-0.15, -0.1) is 11.6 Å². The van der Waals surface area contributed by atoms with E-state index in [0.717, 1.165) is 23.0 Å². The number of nitrogens with zero attached hydrogens (tertiary/aromatic N) is 1. The average molecular weight is 305 g/mol. The minimum Gasteiger partial charge on any atom is -0.351 e. The number of hydrogen-bond acceptors (Lipinski definition) is 2. The lowest BCUT2D eigenvalue weighted by Gasteiger charge is -2.14. The summed E-state index contributed by atoms with van der Waals surface area (Å²) in [5.41, 5.74) is 2.34. The molecule has 0 aliphatic carbocycles. The molecule has 1 aromatic heterocycles. The van der Waals surface area contributed by atoms with Crippen molar-refractivity contribution in [2.24, 2.45) is 5.92 Å². The molecule has 0 saturated carbocycles. The van der Waals surface area contributed by atoms with Gasteiger partial charge in [0.05, 0.1) is 16.5 Å². The number of fused-ring (bicyclic) bond motifs is 1. The van der Waals surface area contributed by atoms with Crippen LogP contribution in [0.25, 0.3) is 10.9 Å². The zero-order chi connectivity index (χ0) is 15.4. The lowest BCUT2D eigenvalue weighted by molar-refractivity contribution is 0.0954. The third-order valence-corrected chi connectivity index (χ3v) is 3.63. The molecule has 0 bridgehead atoms. The Morgan fingerprint density at radius 1 is 1.33 bits per heavy atom. The van der Waals surface area contributed by atoms with Gasteiger partial charge in [0.25, 0.3) is 5.91 Å². The van der Waals surface area contributed by atoms with Gasteiger partial charge in [0.15, 0.2) is 0 Å². The van der Waals surface area contributed by atoms with Gasteiger partial charge in [-0.3, -0.25) is 9.78 Å². The van der Waals surface area contributed by atoms with Gasteiger partial charge in [0.2, 0.25) is 0 Å². The normalized spacial score (nSPS) is 12.6. The lowest BCUT2D eigenvalue weighted by Crippen LogP contribution is -2.30. The SMILES string of the molecule is Cc1cc(C(=O)NCC(Cl)CC(C)C)c2ccccc2n1. The first-order valence-electron chi connectivity index (χ1n) is 7.26. The maximum atomic E-state index is 12.4. The molecule has 0 radical (unpaired) electrons. The zero-order valence-corrected chi connectivity index (χ0v) is 13.4. The van der Waals surface area contributed by atoms with Gasteiger partial charge in [0.1, 0.15) is 0 Å². The molecule has 3 nitrogen and oxygen atoms in total. The first-order valence-corrected chi connectivity index (χ1v) is 7.69. The van der Waals surface area contributed by atoms with E-state index >= 15 is 0 Å². The summed E-state index contributed by atoms with van der Waals surface area (Å²) in [6.07, 6.45) is 0.887. The van der Waals surface area contributed by atoms with E-state index in [1.807, 2.05) is 37.3 Å². The average Bonchev–Trinajstić information content (AvgIpc) is 2.43. The molecule has 4 heteroatoms. The van der Waals surface area contributed by atoms with Crippen LogP contribution in [0.15, 0.2) is 30.3 Å². The Morgan fingerprint density at radius 2 is 2.05 bits per heavy atom. The van der Waals surface area contributed by atoms with Crippen LogP contribution >= 0.6 is 11.6 Å². The summed E-state index contributed by atoms with van der Waals surface area (Å²) in [6, 6.07) is 9.50. The molecule has 1 atom stereocenters. The van der Waals surface area contributed by atoms with Gasteiger partial charge < -0.3 is 5.32 Å². The lowest BCUT2D eigenvalue weighted by atomic mass is 10.1. The number of pyridine rings is 1. The summed E-state index contributed by atoms with van der Waals surface area (Å²) in [7, 11) is 0. The molecule has 1 aromatic carbocycles. The van der Waals surface area contributed by atoms with Crippen molar-refractivity contribution >= 4 is 28.4 Å². The van der Waals surface area contributed by atoms with Gasteiger partial charge >= 0.3 is 0 Å².